The number of benzene rings is 1. The summed E-state index contributed by atoms with van der Waals surface area (Å²) >= 11 is 3.43. The summed E-state index contributed by atoms with van der Waals surface area (Å²) < 4.78 is 0.943. The van der Waals surface area contributed by atoms with Crippen LogP contribution in [0.15, 0.2) is 34.9 Å². The van der Waals surface area contributed by atoms with Gasteiger partial charge in [0.15, 0.2) is 0 Å². The smallest absolute Gasteiger partial charge is 0.142 e. The highest BCUT2D eigenvalue weighted by Gasteiger charge is 2.10. The topological polar surface area (TPSA) is 33.1 Å². The van der Waals surface area contributed by atoms with Crippen LogP contribution in [0.3, 0.4) is 0 Å². The SMILES string of the molecule is C#CC(O)c1ccc(Br)c2cccnc12. The number of aromatic nitrogens is 1. The first-order valence-electron chi connectivity index (χ1n) is 4.41. The number of terminal acetylenes is 1. The summed E-state index contributed by atoms with van der Waals surface area (Å²) in [7, 11) is 0. The van der Waals surface area contributed by atoms with Gasteiger partial charge in [0, 0.05) is 21.6 Å². The lowest BCUT2D eigenvalue weighted by Gasteiger charge is -2.08. The molecule has 15 heavy (non-hydrogen) atoms. The molecule has 0 aliphatic heterocycles. The third kappa shape index (κ3) is 1.74. The molecule has 1 heterocycles. The molecule has 1 unspecified atom stereocenters. The summed E-state index contributed by atoms with van der Waals surface area (Å²) in [6.07, 6.45) is 5.97. The number of halogens is 1. The standard InChI is InChI=1S/C12H8BrNO/c1-2-11(15)9-5-6-10(13)8-4-3-7-14-12(8)9/h1,3-7,11,15H. The second-order valence-electron chi connectivity index (χ2n) is 3.11. The van der Waals surface area contributed by atoms with Crippen molar-refractivity contribution in [2.24, 2.45) is 0 Å². The summed E-state index contributed by atoms with van der Waals surface area (Å²) in [6, 6.07) is 7.42. The van der Waals surface area contributed by atoms with E-state index in [9.17, 15) is 5.11 Å². The first-order valence-corrected chi connectivity index (χ1v) is 5.20. The van der Waals surface area contributed by atoms with Gasteiger partial charge in [-0.05, 0) is 12.1 Å². The fourth-order valence-electron chi connectivity index (χ4n) is 1.47. The minimum atomic E-state index is -0.907. The number of aliphatic hydroxyl groups is 1. The molecular formula is C12H8BrNO. The molecule has 1 N–H and O–H groups in total. The van der Waals surface area contributed by atoms with Gasteiger partial charge in [-0.2, -0.15) is 0 Å². The first kappa shape index (κ1) is 10.2. The minimum Gasteiger partial charge on any atom is -0.376 e. The average molecular weight is 262 g/mol. The Balaban J connectivity index is 2.78. The molecule has 0 saturated heterocycles. The van der Waals surface area contributed by atoms with Gasteiger partial charge >= 0.3 is 0 Å². The Morgan fingerprint density at radius 1 is 1.40 bits per heavy atom. The van der Waals surface area contributed by atoms with Gasteiger partial charge in [0.25, 0.3) is 0 Å². The fourth-order valence-corrected chi connectivity index (χ4v) is 1.92. The molecule has 0 saturated carbocycles. The number of fused-ring (bicyclic) bond motifs is 1. The summed E-state index contributed by atoms with van der Waals surface area (Å²) in [4.78, 5) is 4.23. The number of hydrogen-bond acceptors (Lipinski definition) is 2. The number of rotatable bonds is 1. The lowest BCUT2D eigenvalue weighted by atomic mass is 10.1. The number of hydrogen-bond donors (Lipinski definition) is 1. The second-order valence-corrected chi connectivity index (χ2v) is 3.96. The molecule has 74 valence electrons. The highest BCUT2D eigenvalue weighted by molar-refractivity contribution is 9.10. The van der Waals surface area contributed by atoms with Gasteiger partial charge in [0.05, 0.1) is 5.52 Å². The van der Waals surface area contributed by atoms with Crippen molar-refractivity contribution in [1.29, 1.82) is 0 Å². The predicted molar refractivity (Wildman–Crippen MR) is 63.2 cm³/mol. The third-order valence-corrected chi connectivity index (χ3v) is 2.89. The van der Waals surface area contributed by atoms with Crippen LogP contribution in [0.2, 0.25) is 0 Å². The number of aliphatic hydroxyl groups excluding tert-OH is 1. The van der Waals surface area contributed by atoms with Crippen LogP contribution < -0.4 is 0 Å². The molecule has 2 nitrogen and oxygen atoms in total. The minimum absolute atomic E-state index is 0.663. The van der Waals surface area contributed by atoms with Crippen molar-refractivity contribution in [1.82, 2.24) is 4.98 Å². The van der Waals surface area contributed by atoms with E-state index in [1.54, 1.807) is 12.3 Å². The Morgan fingerprint density at radius 2 is 2.20 bits per heavy atom. The maximum atomic E-state index is 9.63. The lowest BCUT2D eigenvalue weighted by Crippen LogP contribution is -1.96. The van der Waals surface area contributed by atoms with Crippen LogP contribution in [0, 0.1) is 12.3 Å². The molecule has 0 bridgehead atoms. The molecule has 2 aromatic rings. The quantitative estimate of drug-likeness (QED) is 0.801. The molecule has 3 heteroatoms. The lowest BCUT2D eigenvalue weighted by molar-refractivity contribution is 0.240. The largest absolute Gasteiger partial charge is 0.376 e. The van der Waals surface area contributed by atoms with Gasteiger partial charge in [-0.15, -0.1) is 6.42 Å². The van der Waals surface area contributed by atoms with Crippen LogP contribution in [0.5, 0.6) is 0 Å². The molecule has 0 aliphatic carbocycles. The Hall–Kier alpha value is -1.37. The molecule has 0 fully saturated rings. The molecule has 0 aliphatic rings. The van der Waals surface area contributed by atoms with E-state index in [0.717, 1.165) is 15.4 Å². The van der Waals surface area contributed by atoms with Crippen LogP contribution in [0.4, 0.5) is 0 Å². The monoisotopic (exact) mass is 261 g/mol. The maximum Gasteiger partial charge on any atom is 0.142 e. The van der Waals surface area contributed by atoms with Crippen molar-refractivity contribution in [3.05, 3.63) is 40.5 Å². The van der Waals surface area contributed by atoms with Gasteiger partial charge in [-0.3, -0.25) is 4.98 Å². The van der Waals surface area contributed by atoms with E-state index in [1.807, 2.05) is 18.2 Å². The zero-order valence-electron chi connectivity index (χ0n) is 7.81. The van der Waals surface area contributed by atoms with E-state index in [1.165, 1.54) is 0 Å². The van der Waals surface area contributed by atoms with E-state index in [0.29, 0.717) is 5.56 Å². The zero-order valence-corrected chi connectivity index (χ0v) is 9.40. The van der Waals surface area contributed by atoms with Crippen molar-refractivity contribution in [3.63, 3.8) is 0 Å². The van der Waals surface area contributed by atoms with Crippen molar-refractivity contribution < 1.29 is 5.11 Å². The van der Waals surface area contributed by atoms with E-state index < -0.39 is 6.10 Å². The number of nitrogens with zero attached hydrogens (tertiary/aromatic N) is 1. The Labute approximate surface area is 96.1 Å². The molecule has 0 amide bonds. The van der Waals surface area contributed by atoms with Crippen molar-refractivity contribution >= 4 is 26.8 Å². The van der Waals surface area contributed by atoms with Crippen LogP contribution in [-0.2, 0) is 0 Å². The Bertz CT molecular complexity index is 545. The fraction of sp³-hybridized carbons (Fsp3) is 0.0833. The van der Waals surface area contributed by atoms with E-state index in [-0.39, 0.29) is 0 Å². The van der Waals surface area contributed by atoms with Crippen LogP contribution in [-0.4, -0.2) is 10.1 Å². The molecule has 0 spiro atoms. The zero-order chi connectivity index (χ0) is 10.8. The van der Waals surface area contributed by atoms with E-state index in [4.69, 9.17) is 6.42 Å². The third-order valence-electron chi connectivity index (χ3n) is 2.20. The highest BCUT2D eigenvalue weighted by atomic mass is 79.9. The average Bonchev–Trinajstić information content (AvgIpc) is 2.29. The summed E-state index contributed by atoms with van der Waals surface area (Å²) in [5.41, 5.74) is 1.40. The molecule has 1 atom stereocenters. The second kappa shape index (κ2) is 4.01. The predicted octanol–water partition coefficient (Wildman–Crippen LogP) is 2.66. The van der Waals surface area contributed by atoms with Gasteiger partial charge in [-0.25, -0.2) is 0 Å². The van der Waals surface area contributed by atoms with Crippen LogP contribution >= 0.6 is 15.9 Å². The van der Waals surface area contributed by atoms with Crippen molar-refractivity contribution in [3.8, 4) is 12.3 Å². The molecular weight excluding hydrogens is 254 g/mol. The maximum absolute atomic E-state index is 9.63. The Morgan fingerprint density at radius 3 is 2.93 bits per heavy atom. The molecule has 2 rings (SSSR count). The van der Waals surface area contributed by atoms with Crippen molar-refractivity contribution in [2.45, 2.75) is 6.10 Å². The van der Waals surface area contributed by atoms with Crippen LogP contribution in [0.25, 0.3) is 10.9 Å². The van der Waals surface area contributed by atoms with Gasteiger partial charge in [0.1, 0.15) is 6.10 Å². The highest BCUT2D eigenvalue weighted by Crippen LogP contribution is 2.28. The van der Waals surface area contributed by atoms with Gasteiger partial charge in [0.2, 0.25) is 0 Å². The van der Waals surface area contributed by atoms with Gasteiger partial charge < -0.3 is 5.11 Å². The van der Waals surface area contributed by atoms with Gasteiger partial charge in [-0.1, -0.05) is 34.0 Å². The molecule has 1 aromatic carbocycles. The normalized spacial score (nSPS) is 12.3. The first-order chi connectivity index (χ1) is 7.24. The summed E-state index contributed by atoms with van der Waals surface area (Å²) in [5, 5.41) is 10.6. The van der Waals surface area contributed by atoms with E-state index in [2.05, 4.69) is 26.8 Å². The van der Waals surface area contributed by atoms with Crippen LogP contribution in [0.1, 0.15) is 11.7 Å². The summed E-state index contributed by atoms with van der Waals surface area (Å²) in [5.74, 6) is 2.29. The molecule has 1 aromatic heterocycles. The van der Waals surface area contributed by atoms with E-state index >= 15 is 0 Å². The molecule has 0 radical (unpaired) electrons. The number of pyridine rings is 1. The Kier molecular flexibility index (Phi) is 2.72. The summed E-state index contributed by atoms with van der Waals surface area (Å²) in [6.45, 7) is 0. The van der Waals surface area contributed by atoms with Crippen molar-refractivity contribution in [2.75, 3.05) is 0 Å².